The van der Waals surface area contributed by atoms with Crippen LogP contribution in [0.2, 0.25) is 0 Å². The van der Waals surface area contributed by atoms with E-state index in [1.807, 2.05) is 35.1 Å². The number of thioether (sulfide) groups is 1. The number of sulfone groups is 1. The molecule has 7 aliphatic rings. The molecule has 4 saturated carbocycles. The highest BCUT2D eigenvalue weighted by Gasteiger charge is 2.73. The van der Waals surface area contributed by atoms with E-state index < -0.39 is 70.7 Å². The summed E-state index contributed by atoms with van der Waals surface area (Å²) in [7, 11) is -11.0. The highest BCUT2D eigenvalue weighted by atomic mass is 32.2. The molecule has 3 aromatic rings. The van der Waals surface area contributed by atoms with Crippen molar-refractivity contribution < 1.29 is 48.7 Å². The van der Waals surface area contributed by atoms with Crippen molar-refractivity contribution in [2.75, 3.05) is 68.3 Å². The summed E-state index contributed by atoms with van der Waals surface area (Å²) in [6.07, 6.45) is 7.83. The summed E-state index contributed by atoms with van der Waals surface area (Å²) < 4.78 is 126. The number of hydrogen-bond acceptors (Lipinski definition) is 11. The van der Waals surface area contributed by atoms with Gasteiger partial charge < -0.3 is 20.2 Å². The van der Waals surface area contributed by atoms with Gasteiger partial charge in [-0.2, -0.15) is 13.2 Å². The van der Waals surface area contributed by atoms with Crippen LogP contribution in [0.5, 0.6) is 0 Å². The minimum atomic E-state index is -6.08. The Hall–Kier alpha value is -3.75. The van der Waals surface area contributed by atoms with Crippen molar-refractivity contribution >= 4 is 48.9 Å². The number of benzene rings is 3. The number of aliphatic hydroxyl groups is 1. The molecule has 1 unspecified atom stereocenters. The molecular formula is C49H60F5N5O6S3. The molecular weight excluding hydrogens is 946 g/mol. The van der Waals surface area contributed by atoms with Gasteiger partial charge in [0, 0.05) is 85.7 Å². The van der Waals surface area contributed by atoms with Gasteiger partial charge >= 0.3 is 5.51 Å². The molecule has 1 spiro atoms. The van der Waals surface area contributed by atoms with Gasteiger partial charge in [-0.3, -0.25) is 9.69 Å². The fourth-order valence-electron chi connectivity index (χ4n) is 11.7. The Morgan fingerprint density at radius 2 is 1.53 bits per heavy atom. The normalized spacial score (nSPS) is 25.1. The molecule has 2 saturated heterocycles. The van der Waals surface area contributed by atoms with E-state index in [1.54, 1.807) is 12.1 Å². The lowest BCUT2D eigenvalue weighted by Gasteiger charge is -2.72. The topological polar surface area (TPSA) is 139 Å². The lowest BCUT2D eigenvalue weighted by atomic mass is 9.31. The zero-order valence-corrected chi connectivity index (χ0v) is 40.4. The first-order valence-electron chi connectivity index (χ1n) is 23.7. The minimum Gasteiger partial charge on any atom is -0.393 e. The number of rotatable bonds is 17. The van der Waals surface area contributed by atoms with E-state index in [0.717, 1.165) is 55.2 Å². The molecule has 19 heteroatoms. The number of piperidine rings is 1. The molecule has 2 bridgehead atoms. The summed E-state index contributed by atoms with van der Waals surface area (Å²) in [5, 5.41) is 12.9. The first-order valence-corrected chi connectivity index (χ1v) is 27.7. The third-order valence-corrected chi connectivity index (χ3v) is 19.8. The fourth-order valence-corrected chi connectivity index (χ4v) is 14.7. The van der Waals surface area contributed by atoms with Gasteiger partial charge in [0.1, 0.15) is 4.90 Å². The molecule has 6 fully saturated rings. The Balaban J connectivity index is 0.845. The smallest absolute Gasteiger partial charge is 0.393 e. The molecule has 1 atom stereocenters. The van der Waals surface area contributed by atoms with Gasteiger partial charge in [0.25, 0.3) is 25.8 Å². The minimum absolute atomic E-state index is 0.0186. The molecule has 3 aromatic carbocycles. The number of nitrogens with one attached hydrogen (secondary N) is 2. The number of nitrogens with zero attached hydrogens (tertiary/aromatic N) is 3. The average molecular weight is 1010 g/mol. The number of halogens is 5. The highest BCUT2D eigenvalue weighted by molar-refractivity contribution is 7.99. The van der Waals surface area contributed by atoms with Crippen molar-refractivity contribution in [1.82, 2.24) is 14.5 Å². The second-order valence-corrected chi connectivity index (χ2v) is 25.0. The Morgan fingerprint density at radius 1 is 0.853 bits per heavy atom. The van der Waals surface area contributed by atoms with Crippen molar-refractivity contribution in [1.29, 1.82) is 0 Å². The van der Waals surface area contributed by atoms with E-state index in [4.69, 9.17) is 0 Å². The molecule has 10 rings (SSSR count). The van der Waals surface area contributed by atoms with Crippen molar-refractivity contribution in [2.24, 2.45) is 16.2 Å². The maximum absolute atomic E-state index is 14.2. The second-order valence-electron chi connectivity index (χ2n) is 20.3. The highest BCUT2D eigenvalue weighted by Crippen LogP contribution is 2.80. The zero-order valence-electron chi connectivity index (χ0n) is 38.0. The monoisotopic (exact) mass is 1010 g/mol. The number of anilines is 2. The van der Waals surface area contributed by atoms with Crippen LogP contribution in [0, 0.1) is 16.2 Å². The Morgan fingerprint density at radius 3 is 2.15 bits per heavy atom. The van der Waals surface area contributed by atoms with Gasteiger partial charge in [0.15, 0.2) is 0 Å². The van der Waals surface area contributed by atoms with Gasteiger partial charge in [-0.15, -0.1) is 11.8 Å². The van der Waals surface area contributed by atoms with Crippen LogP contribution >= 0.6 is 11.8 Å². The number of aliphatic hydroxyl groups excluding tert-OH is 1. The van der Waals surface area contributed by atoms with Crippen LogP contribution < -0.4 is 14.9 Å². The van der Waals surface area contributed by atoms with E-state index in [-0.39, 0.29) is 11.0 Å². The molecule has 1 amide bonds. The molecule has 11 nitrogen and oxygen atoms in total. The first-order chi connectivity index (χ1) is 32.3. The Bertz CT molecular complexity index is 2560. The lowest BCUT2D eigenvalue weighted by Crippen LogP contribution is -2.66. The lowest BCUT2D eigenvalue weighted by molar-refractivity contribution is -0.250. The Kier molecular flexibility index (Phi) is 13.8. The largest absolute Gasteiger partial charge is 0.501 e. The van der Waals surface area contributed by atoms with Crippen molar-refractivity contribution in [2.45, 2.75) is 116 Å². The summed E-state index contributed by atoms with van der Waals surface area (Å²) in [6.45, 7) is 5.61. The number of likely N-dealkylation sites (tertiary alicyclic amines) is 1. The molecule has 68 heavy (non-hydrogen) atoms. The van der Waals surface area contributed by atoms with E-state index in [9.17, 15) is 48.7 Å². The van der Waals surface area contributed by atoms with Crippen molar-refractivity contribution in [3.63, 3.8) is 0 Å². The van der Waals surface area contributed by atoms with Crippen LogP contribution in [0.25, 0.3) is 0 Å². The summed E-state index contributed by atoms with van der Waals surface area (Å²) in [5.41, 5.74) is -2.85. The van der Waals surface area contributed by atoms with E-state index in [0.29, 0.717) is 88.5 Å². The summed E-state index contributed by atoms with van der Waals surface area (Å²) in [5.74, 6) is -0.706. The molecule has 370 valence electrons. The molecule has 5 aliphatic carbocycles. The van der Waals surface area contributed by atoms with Crippen LogP contribution in [-0.4, -0.2) is 120 Å². The first kappa shape index (κ1) is 49.2. The van der Waals surface area contributed by atoms with Gasteiger partial charge in [0.2, 0.25) is 6.43 Å². The predicted molar refractivity (Wildman–Crippen MR) is 252 cm³/mol. The number of sulfonamides is 1. The number of piperazine rings is 1. The quantitative estimate of drug-likeness (QED) is 0.0680. The van der Waals surface area contributed by atoms with Crippen LogP contribution in [0.15, 0.2) is 98.6 Å². The maximum atomic E-state index is 14.2. The van der Waals surface area contributed by atoms with Crippen molar-refractivity contribution in [3.8, 4) is 0 Å². The van der Waals surface area contributed by atoms with Crippen LogP contribution in [0.1, 0.15) is 87.4 Å². The summed E-state index contributed by atoms with van der Waals surface area (Å²) >= 11 is 1.43. The van der Waals surface area contributed by atoms with Gasteiger partial charge in [-0.25, -0.2) is 30.3 Å². The SMILES string of the molecule is O=C(NS(=O)(=O)c1ccc(NC(CCN2CCC(O)CC2)CSc2ccccc2)c(S(=O)(=O)C(F)(F)F)c1)c1ccc(N2CCN(CC3=C(C45CC(C(F)F)(C4)C5)CC4(CCC4)CC3)CC2)cc1. The maximum Gasteiger partial charge on any atom is 0.501 e. The number of alkyl halides is 5. The molecule has 0 radical (unpaired) electrons. The molecule has 3 N–H and O–H groups in total. The number of amides is 1. The average Bonchev–Trinajstić information content (AvgIpc) is 3.27. The summed E-state index contributed by atoms with van der Waals surface area (Å²) in [6, 6.07) is 17.5. The standard InChI is InChI=1S/C49H60F5N5O6S3/c50-45(51)48-31-47(32-48,33-48)41-28-46(17-4-18-46)19-13-35(41)29-58-23-25-59(26-24-58)37-9-7-34(8-10-37)44(61)56-68(64,65)40-11-12-42(43(27-40)67(62,63)49(52,53)54)55-36(30-66-39-5-2-1-3-6-39)14-20-57-21-15-38(60)16-22-57/h1-3,5-12,27,36,38,45,55,60H,4,13-26,28-33H2,(H,56,61). The number of hydrogen-bond donors (Lipinski definition) is 3. The third kappa shape index (κ3) is 10.1. The van der Waals surface area contributed by atoms with E-state index >= 15 is 0 Å². The van der Waals surface area contributed by atoms with Crippen molar-refractivity contribution in [3.05, 3.63) is 89.5 Å². The predicted octanol–water partition coefficient (Wildman–Crippen LogP) is 8.73. The molecule has 2 aliphatic heterocycles. The zero-order chi connectivity index (χ0) is 48.1. The number of carbonyl (C=O) groups excluding carboxylic acids is 1. The third-order valence-electron chi connectivity index (χ3n) is 15.8. The van der Waals surface area contributed by atoms with E-state index in [1.165, 1.54) is 60.7 Å². The molecule has 0 aromatic heterocycles. The van der Waals surface area contributed by atoms with E-state index in [2.05, 4.69) is 20.0 Å². The molecule has 2 heterocycles. The number of carbonyl (C=O) groups is 1. The van der Waals surface area contributed by atoms with Gasteiger partial charge in [-0.1, -0.05) is 35.8 Å². The van der Waals surface area contributed by atoms with Crippen LogP contribution in [0.3, 0.4) is 0 Å². The van der Waals surface area contributed by atoms with Gasteiger partial charge in [-0.05, 0) is 136 Å². The fraction of sp³-hybridized carbons (Fsp3) is 0.571. The second kappa shape index (κ2) is 19.1. The van der Waals surface area contributed by atoms with Crippen LogP contribution in [0.4, 0.5) is 33.3 Å². The summed E-state index contributed by atoms with van der Waals surface area (Å²) in [4.78, 5) is 18.9. The number of allylic oxidation sites excluding steroid dienone is 1. The Labute approximate surface area is 400 Å². The van der Waals surface area contributed by atoms with Gasteiger partial charge in [0.05, 0.1) is 16.7 Å². The van der Waals surface area contributed by atoms with Crippen LogP contribution in [-0.2, 0) is 19.9 Å².